The third-order valence-corrected chi connectivity index (χ3v) is 3.22. The standard InChI is InChI=1S/C15H24N2O/c1-5-7-13(6-2)17-14-10-12(15(18)16-4)9-8-11(14)3/h8-10,13,17H,5-7H2,1-4H3,(H,16,18). The molecule has 18 heavy (non-hydrogen) atoms. The normalized spacial score (nSPS) is 12.0. The number of hydrogen-bond acceptors (Lipinski definition) is 2. The summed E-state index contributed by atoms with van der Waals surface area (Å²) < 4.78 is 0. The van der Waals surface area contributed by atoms with E-state index in [4.69, 9.17) is 0 Å². The number of carbonyl (C=O) groups is 1. The molecule has 0 aromatic heterocycles. The minimum Gasteiger partial charge on any atom is -0.382 e. The van der Waals surface area contributed by atoms with Gasteiger partial charge in [0.1, 0.15) is 0 Å². The summed E-state index contributed by atoms with van der Waals surface area (Å²) in [7, 11) is 1.65. The van der Waals surface area contributed by atoms with Crippen molar-refractivity contribution in [3.05, 3.63) is 29.3 Å². The van der Waals surface area contributed by atoms with E-state index in [2.05, 4.69) is 31.4 Å². The van der Waals surface area contributed by atoms with Crippen LogP contribution in [0.3, 0.4) is 0 Å². The molecule has 2 N–H and O–H groups in total. The van der Waals surface area contributed by atoms with Crippen LogP contribution in [0.4, 0.5) is 5.69 Å². The summed E-state index contributed by atoms with van der Waals surface area (Å²) in [5.41, 5.74) is 2.95. The molecule has 1 aromatic rings. The number of rotatable bonds is 6. The number of nitrogens with one attached hydrogen (secondary N) is 2. The first kappa shape index (κ1) is 14.6. The van der Waals surface area contributed by atoms with E-state index in [1.165, 1.54) is 12.0 Å². The Labute approximate surface area is 110 Å². The zero-order valence-electron chi connectivity index (χ0n) is 11.8. The van der Waals surface area contributed by atoms with Crippen molar-refractivity contribution in [2.75, 3.05) is 12.4 Å². The Morgan fingerprint density at radius 1 is 1.33 bits per heavy atom. The topological polar surface area (TPSA) is 41.1 Å². The second-order valence-electron chi connectivity index (χ2n) is 4.65. The molecule has 1 aromatic carbocycles. The number of anilines is 1. The van der Waals surface area contributed by atoms with E-state index in [-0.39, 0.29) is 5.91 Å². The lowest BCUT2D eigenvalue weighted by atomic mass is 10.1. The van der Waals surface area contributed by atoms with Crippen LogP contribution >= 0.6 is 0 Å². The molecule has 0 bridgehead atoms. The van der Waals surface area contributed by atoms with Crippen molar-refractivity contribution in [2.45, 2.75) is 46.1 Å². The molecule has 1 amide bonds. The number of carbonyl (C=O) groups excluding carboxylic acids is 1. The highest BCUT2D eigenvalue weighted by Crippen LogP contribution is 2.20. The quantitative estimate of drug-likeness (QED) is 0.810. The molecule has 0 aliphatic carbocycles. The summed E-state index contributed by atoms with van der Waals surface area (Å²) >= 11 is 0. The van der Waals surface area contributed by atoms with Gasteiger partial charge in [0.2, 0.25) is 0 Å². The summed E-state index contributed by atoms with van der Waals surface area (Å²) in [6.45, 7) is 6.44. The van der Waals surface area contributed by atoms with E-state index in [1.54, 1.807) is 7.05 Å². The van der Waals surface area contributed by atoms with Gasteiger partial charge in [-0.25, -0.2) is 0 Å². The van der Waals surface area contributed by atoms with Gasteiger partial charge in [0.25, 0.3) is 5.91 Å². The van der Waals surface area contributed by atoms with Gasteiger partial charge in [0.05, 0.1) is 0 Å². The van der Waals surface area contributed by atoms with Crippen LogP contribution in [0.15, 0.2) is 18.2 Å². The van der Waals surface area contributed by atoms with E-state index in [0.717, 1.165) is 18.5 Å². The molecule has 0 aliphatic rings. The first-order valence-electron chi connectivity index (χ1n) is 6.71. The van der Waals surface area contributed by atoms with Gasteiger partial charge < -0.3 is 10.6 Å². The smallest absolute Gasteiger partial charge is 0.251 e. The highest BCUT2D eigenvalue weighted by atomic mass is 16.1. The molecule has 0 heterocycles. The molecule has 3 heteroatoms. The molecule has 0 fully saturated rings. The predicted molar refractivity (Wildman–Crippen MR) is 77.2 cm³/mol. The fraction of sp³-hybridized carbons (Fsp3) is 0.533. The molecule has 100 valence electrons. The second kappa shape index (κ2) is 7.04. The average Bonchev–Trinajstić information content (AvgIpc) is 2.39. The third-order valence-electron chi connectivity index (χ3n) is 3.22. The van der Waals surface area contributed by atoms with Gasteiger partial charge in [-0.3, -0.25) is 4.79 Å². The molecule has 0 saturated heterocycles. The lowest BCUT2D eigenvalue weighted by Gasteiger charge is -2.19. The minimum absolute atomic E-state index is 0.0402. The molecule has 3 nitrogen and oxygen atoms in total. The van der Waals surface area contributed by atoms with Crippen LogP contribution in [-0.2, 0) is 0 Å². The summed E-state index contributed by atoms with van der Waals surface area (Å²) in [6, 6.07) is 6.27. The number of amides is 1. The Kier molecular flexibility index (Phi) is 5.69. The maximum absolute atomic E-state index is 11.6. The predicted octanol–water partition coefficient (Wildman–Crippen LogP) is 3.35. The molecule has 0 radical (unpaired) electrons. The molecule has 1 rings (SSSR count). The van der Waals surface area contributed by atoms with Crippen molar-refractivity contribution in [3.8, 4) is 0 Å². The van der Waals surface area contributed by atoms with Crippen molar-refractivity contribution in [3.63, 3.8) is 0 Å². The maximum Gasteiger partial charge on any atom is 0.251 e. The van der Waals surface area contributed by atoms with Crippen LogP contribution in [0.1, 0.15) is 49.0 Å². The monoisotopic (exact) mass is 248 g/mol. The minimum atomic E-state index is -0.0402. The summed E-state index contributed by atoms with van der Waals surface area (Å²) in [6.07, 6.45) is 3.41. The Balaban J connectivity index is 2.89. The molecule has 0 saturated carbocycles. The average molecular weight is 248 g/mol. The van der Waals surface area contributed by atoms with Crippen molar-refractivity contribution in [1.82, 2.24) is 5.32 Å². The molecule has 1 atom stereocenters. The van der Waals surface area contributed by atoms with E-state index < -0.39 is 0 Å². The van der Waals surface area contributed by atoms with E-state index in [0.29, 0.717) is 11.6 Å². The van der Waals surface area contributed by atoms with E-state index in [1.807, 2.05) is 18.2 Å². The van der Waals surface area contributed by atoms with Crippen LogP contribution in [0.25, 0.3) is 0 Å². The van der Waals surface area contributed by atoms with E-state index in [9.17, 15) is 4.79 Å². The van der Waals surface area contributed by atoms with Crippen molar-refractivity contribution < 1.29 is 4.79 Å². The van der Waals surface area contributed by atoms with Gasteiger partial charge in [0.15, 0.2) is 0 Å². The van der Waals surface area contributed by atoms with Gasteiger partial charge in [0, 0.05) is 24.3 Å². The van der Waals surface area contributed by atoms with Crippen molar-refractivity contribution >= 4 is 11.6 Å². The van der Waals surface area contributed by atoms with Gasteiger partial charge in [-0.05, 0) is 37.5 Å². The van der Waals surface area contributed by atoms with Crippen LogP contribution in [0, 0.1) is 6.92 Å². The van der Waals surface area contributed by atoms with Crippen LogP contribution < -0.4 is 10.6 Å². The number of aryl methyl sites for hydroxylation is 1. The second-order valence-corrected chi connectivity index (χ2v) is 4.65. The SMILES string of the molecule is CCCC(CC)Nc1cc(C(=O)NC)ccc1C. The third kappa shape index (κ3) is 3.76. The summed E-state index contributed by atoms with van der Waals surface area (Å²) in [4.78, 5) is 11.6. The zero-order valence-corrected chi connectivity index (χ0v) is 11.8. The van der Waals surface area contributed by atoms with E-state index >= 15 is 0 Å². The number of benzene rings is 1. The fourth-order valence-electron chi connectivity index (χ4n) is 2.01. The Hall–Kier alpha value is -1.51. The van der Waals surface area contributed by atoms with Gasteiger partial charge in [-0.2, -0.15) is 0 Å². The van der Waals surface area contributed by atoms with Crippen LogP contribution in [-0.4, -0.2) is 19.0 Å². The molecular formula is C15H24N2O. The van der Waals surface area contributed by atoms with Crippen LogP contribution in [0.5, 0.6) is 0 Å². The number of hydrogen-bond donors (Lipinski definition) is 2. The summed E-state index contributed by atoms with van der Waals surface area (Å²) in [5.74, 6) is -0.0402. The lowest BCUT2D eigenvalue weighted by molar-refractivity contribution is 0.0963. The zero-order chi connectivity index (χ0) is 13.5. The van der Waals surface area contributed by atoms with Crippen molar-refractivity contribution in [1.29, 1.82) is 0 Å². The van der Waals surface area contributed by atoms with Gasteiger partial charge >= 0.3 is 0 Å². The van der Waals surface area contributed by atoms with Crippen LogP contribution in [0.2, 0.25) is 0 Å². The summed E-state index contributed by atoms with van der Waals surface area (Å²) in [5, 5.41) is 6.19. The molecule has 1 unspecified atom stereocenters. The van der Waals surface area contributed by atoms with Gasteiger partial charge in [-0.15, -0.1) is 0 Å². The molecule has 0 aliphatic heterocycles. The Morgan fingerprint density at radius 2 is 2.06 bits per heavy atom. The first-order valence-corrected chi connectivity index (χ1v) is 6.71. The molecule has 0 spiro atoms. The Morgan fingerprint density at radius 3 is 2.61 bits per heavy atom. The highest BCUT2D eigenvalue weighted by Gasteiger charge is 2.09. The lowest BCUT2D eigenvalue weighted by Crippen LogP contribution is -2.21. The maximum atomic E-state index is 11.6. The first-order chi connectivity index (χ1) is 8.62. The largest absolute Gasteiger partial charge is 0.382 e. The molecular weight excluding hydrogens is 224 g/mol. The van der Waals surface area contributed by atoms with Crippen molar-refractivity contribution in [2.24, 2.45) is 0 Å². The Bertz CT molecular complexity index is 401. The highest BCUT2D eigenvalue weighted by molar-refractivity contribution is 5.95. The van der Waals surface area contributed by atoms with Gasteiger partial charge in [-0.1, -0.05) is 26.3 Å². The fourth-order valence-corrected chi connectivity index (χ4v) is 2.01.